The summed E-state index contributed by atoms with van der Waals surface area (Å²) in [5.74, 6) is 1.45. The Bertz CT molecular complexity index is 1610. The minimum atomic E-state index is -4.40. The number of aliphatic hydroxyl groups excluding tert-OH is 1. The number of hydrogen-bond acceptors (Lipinski definition) is 10. The summed E-state index contributed by atoms with van der Waals surface area (Å²) >= 11 is 0. The first-order chi connectivity index (χ1) is 19.9. The Morgan fingerprint density at radius 3 is 2.45 bits per heavy atom. The number of para-hydroxylation sites is 1. The first-order valence-corrected chi connectivity index (χ1v) is 14.3. The van der Waals surface area contributed by atoms with Gasteiger partial charge < -0.3 is 24.2 Å². The molecule has 1 aromatic heterocycles. The molecule has 42 heavy (non-hydrogen) atoms. The van der Waals surface area contributed by atoms with Crippen LogP contribution in [0.5, 0.6) is 5.75 Å². The number of nitrogens with one attached hydrogen (secondary N) is 2. The molecule has 0 amide bonds. The average molecular weight is 600 g/mol. The van der Waals surface area contributed by atoms with Crippen LogP contribution in [-0.4, -0.2) is 56.2 Å². The number of carbonyl (C=O) groups is 1. The van der Waals surface area contributed by atoms with Crippen molar-refractivity contribution in [3.05, 3.63) is 99.3 Å². The van der Waals surface area contributed by atoms with E-state index in [1.54, 1.807) is 42.5 Å². The quantitative estimate of drug-likeness (QED) is 0.142. The van der Waals surface area contributed by atoms with E-state index < -0.39 is 61.1 Å². The minimum absolute atomic E-state index is 0.0219. The zero-order chi connectivity index (χ0) is 30.5. The maximum atomic E-state index is 13.9. The van der Waals surface area contributed by atoms with Crippen molar-refractivity contribution < 1.29 is 38.1 Å². The van der Waals surface area contributed by atoms with Crippen LogP contribution in [0.1, 0.15) is 19.4 Å². The molecule has 1 fully saturated rings. The molecule has 4 rings (SSSR count). The zero-order valence-electron chi connectivity index (χ0n) is 22.7. The molecule has 0 saturated carbocycles. The van der Waals surface area contributed by atoms with Gasteiger partial charge in [0.2, 0.25) is 5.60 Å². The molecule has 3 aromatic rings. The molecule has 1 aliphatic rings. The van der Waals surface area contributed by atoms with Crippen molar-refractivity contribution in [2.45, 2.75) is 50.0 Å². The predicted molar refractivity (Wildman–Crippen MR) is 149 cm³/mol. The van der Waals surface area contributed by atoms with Crippen molar-refractivity contribution in [1.82, 2.24) is 14.6 Å². The molecule has 1 aliphatic heterocycles. The number of rotatable bonds is 11. The summed E-state index contributed by atoms with van der Waals surface area (Å²) < 4.78 is 37.1. The maximum Gasteiger partial charge on any atom is 0.459 e. The highest BCUT2D eigenvalue weighted by molar-refractivity contribution is 7.52. The fourth-order valence-corrected chi connectivity index (χ4v) is 5.86. The van der Waals surface area contributed by atoms with Gasteiger partial charge in [-0.1, -0.05) is 54.5 Å². The van der Waals surface area contributed by atoms with Crippen molar-refractivity contribution in [3.8, 4) is 18.1 Å². The average Bonchev–Trinajstić information content (AvgIpc) is 3.17. The molecule has 0 aliphatic carbocycles. The topological polar surface area (TPSA) is 178 Å². The zero-order valence-corrected chi connectivity index (χ0v) is 23.6. The fraction of sp³-hybridized carbons (Fsp3) is 0.321. The molecule has 1 saturated heterocycles. The van der Waals surface area contributed by atoms with Gasteiger partial charge in [0.25, 0.3) is 5.56 Å². The maximum absolute atomic E-state index is 13.9. The molecule has 13 nitrogen and oxygen atoms in total. The number of nitrogens with zero attached hydrogens (tertiary/aromatic N) is 1. The summed E-state index contributed by atoms with van der Waals surface area (Å²) in [6.07, 6.45) is 3.29. The van der Waals surface area contributed by atoms with Crippen LogP contribution in [0.25, 0.3) is 0 Å². The summed E-state index contributed by atoms with van der Waals surface area (Å²) in [7, 11) is -4.40. The highest BCUT2D eigenvalue weighted by Crippen LogP contribution is 2.48. The van der Waals surface area contributed by atoms with E-state index in [9.17, 15) is 29.2 Å². The van der Waals surface area contributed by atoms with E-state index in [2.05, 4.69) is 11.0 Å². The molecule has 4 N–H and O–H groups in total. The summed E-state index contributed by atoms with van der Waals surface area (Å²) in [5.41, 5.74) is -5.49. The molecule has 2 aromatic carbocycles. The van der Waals surface area contributed by atoms with Crippen molar-refractivity contribution >= 4 is 13.7 Å². The summed E-state index contributed by atoms with van der Waals surface area (Å²) in [6, 6.07) is 16.8. The number of aromatic nitrogens is 2. The van der Waals surface area contributed by atoms with E-state index in [0.717, 1.165) is 22.4 Å². The summed E-state index contributed by atoms with van der Waals surface area (Å²) in [5, 5.41) is 24.7. The number of H-pyrrole nitrogens is 1. The number of esters is 1. The molecule has 14 heteroatoms. The van der Waals surface area contributed by atoms with Gasteiger partial charge in [0.05, 0.1) is 6.61 Å². The van der Waals surface area contributed by atoms with Gasteiger partial charge in [-0.3, -0.25) is 23.7 Å². The Labute approximate surface area is 240 Å². The van der Waals surface area contributed by atoms with Crippen LogP contribution >= 0.6 is 7.75 Å². The van der Waals surface area contributed by atoms with Gasteiger partial charge in [-0.05, 0) is 31.5 Å². The molecule has 2 heterocycles. The van der Waals surface area contributed by atoms with Gasteiger partial charge in [-0.25, -0.2) is 9.36 Å². The van der Waals surface area contributed by atoms with Crippen LogP contribution in [0.15, 0.2) is 82.5 Å². The molecule has 0 bridgehead atoms. The van der Waals surface area contributed by atoms with Crippen molar-refractivity contribution in [2.24, 2.45) is 0 Å². The SMILES string of the molecule is C#C[C@@]1(O)[C@H](O)[C@@H](COP(=O)(N[C@@H](C)C(=O)OCc2ccccc2)Oc2ccccc2)O[C@@]1(C)n1ccc(=O)[nH]c1=O. The van der Waals surface area contributed by atoms with Crippen LogP contribution in [0.4, 0.5) is 0 Å². The molecule has 0 spiro atoms. The lowest BCUT2D eigenvalue weighted by atomic mass is 9.87. The van der Waals surface area contributed by atoms with Crippen molar-refractivity contribution in [1.29, 1.82) is 0 Å². The van der Waals surface area contributed by atoms with Gasteiger partial charge in [0.1, 0.15) is 30.6 Å². The second-order valence-corrected chi connectivity index (χ2v) is 11.3. The molecule has 6 atom stereocenters. The lowest BCUT2D eigenvalue weighted by Crippen LogP contribution is -2.58. The van der Waals surface area contributed by atoms with E-state index in [-0.39, 0.29) is 12.4 Å². The molecule has 0 radical (unpaired) electrons. The van der Waals surface area contributed by atoms with E-state index >= 15 is 0 Å². The third-order valence-electron chi connectivity index (χ3n) is 6.68. The van der Waals surface area contributed by atoms with Gasteiger partial charge in [0, 0.05) is 12.3 Å². The second kappa shape index (κ2) is 12.5. The van der Waals surface area contributed by atoms with Gasteiger partial charge in [0.15, 0.2) is 5.72 Å². The monoisotopic (exact) mass is 599 g/mol. The van der Waals surface area contributed by atoms with Crippen LogP contribution in [0, 0.1) is 12.3 Å². The van der Waals surface area contributed by atoms with Gasteiger partial charge in [-0.2, -0.15) is 5.09 Å². The van der Waals surface area contributed by atoms with Crippen molar-refractivity contribution in [2.75, 3.05) is 6.61 Å². The number of aliphatic hydroxyl groups is 2. The van der Waals surface area contributed by atoms with Crippen LogP contribution in [-0.2, 0) is 35.7 Å². The van der Waals surface area contributed by atoms with Gasteiger partial charge in [-0.15, -0.1) is 6.42 Å². The predicted octanol–water partition coefficient (Wildman–Crippen LogP) is 1.26. The largest absolute Gasteiger partial charge is 0.460 e. The smallest absolute Gasteiger partial charge is 0.459 e. The molecule has 1 unspecified atom stereocenters. The Hall–Kier alpha value is -4.02. The standard InChI is InChI=1S/C28H30N3O10P/c1-4-28(36)24(33)22(40-27(28,3)31-16-15-23(32)29-26(31)35)18-39-42(37,41-21-13-9-6-10-14-21)30-19(2)25(34)38-17-20-11-7-5-8-12-20/h1,5-16,19,22,24,33,36H,17-18H2,2-3H3,(H,30,37)(H,29,32,35)/t19-,22+,24+,27+,28+,42?/m0/s1. The Balaban J connectivity index is 1.54. The third kappa shape index (κ3) is 6.39. The fourth-order valence-electron chi connectivity index (χ4n) is 4.36. The molecular weight excluding hydrogens is 569 g/mol. The lowest BCUT2D eigenvalue weighted by molar-refractivity contribution is -0.161. The van der Waals surface area contributed by atoms with E-state index in [1.807, 2.05) is 11.1 Å². The summed E-state index contributed by atoms with van der Waals surface area (Å²) in [4.78, 5) is 38.8. The van der Waals surface area contributed by atoms with Crippen LogP contribution in [0.2, 0.25) is 0 Å². The first kappa shape index (κ1) is 30.9. The number of terminal acetylenes is 1. The van der Waals surface area contributed by atoms with Crippen molar-refractivity contribution in [3.63, 3.8) is 0 Å². The second-order valence-electron chi connectivity index (χ2n) is 9.62. The number of carbonyl (C=O) groups excluding carboxylic acids is 1. The minimum Gasteiger partial charge on any atom is -0.460 e. The highest BCUT2D eigenvalue weighted by atomic mass is 31.2. The number of ether oxygens (including phenoxy) is 2. The Morgan fingerprint density at radius 2 is 1.83 bits per heavy atom. The Morgan fingerprint density at radius 1 is 1.19 bits per heavy atom. The van der Waals surface area contributed by atoms with Crippen LogP contribution in [0.3, 0.4) is 0 Å². The van der Waals surface area contributed by atoms with E-state index in [0.29, 0.717) is 0 Å². The highest BCUT2D eigenvalue weighted by Gasteiger charge is 2.64. The third-order valence-corrected chi connectivity index (χ3v) is 8.32. The molecule has 222 valence electrons. The van der Waals surface area contributed by atoms with E-state index in [1.165, 1.54) is 26.0 Å². The number of benzene rings is 2. The van der Waals surface area contributed by atoms with E-state index in [4.69, 9.17) is 24.9 Å². The first-order valence-electron chi connectivity index (χ1n) is 12.8. The Kier molecular flexibility index (Phi) is 9.18. The molecular formula is C28H30N3O10P. The van der Waals surface area contributed by atoms with Gasteiger partial charge >= 0.3 is 19.4 Å². The summed E-state index contributed by atoms with van der Waals surface area (Å²) in [6.45, 7) is 1.93. The van der Waals surface area contributed by atoms with Crippen LogP contribution < -0.4 is 20.9 Å². The normalized spacial score (nSPS) is 25.6. The number of aromatic amines is 1. The lowest BCUT2D eigenvalue weighted by Gasteiger charge is -2.36. The number of hydrogen-bond donors (Lipinski definition) is 4.